The van der Waals surface area contributed by atoms with Crippen molar-refractivity contribution in [1.82, 2.24) is 20.4 Å². The van der Waals surface area contributed by atoms with E-state index in [1.54, 1.807) is 6.20 Å². The molecule has 106 valence electrons. The molecule has 0 bridgehead atoms. The molecule has 1 aromatic carbocycles. The highest BCUT2D eigenvalue weighted by atomic mass is 16.5. The summed E-state index contributed by atoms with van der Waals surface area (Å²) in [5.41, 5.74) is 1.67. The SMILES string of the molecule is O=C(OCCc1cn[nH]n1)c1ncoc1-c1ccccc1. The first-order valence-electron chi connectivity index (χ1n) is 6.35. The maximum atomic E-state index is 12.0. The van der Waals surface area contributed by atoms with E-state index >= 15 is 0 Å². The number of aromatic nitrogens is 4. The molecule has 0 saturated carbocycles. The highest BCUT2D eigenvalue weighted by Crippen LogP contribution is 2.23. The largest absolute Gasteiger partial charge is 0.460 e. The molecule has 0 aliphatic carbocycles. The number of aromatic amines is 1. The van der Waals surface area contributed by atoms with Crippen molar-refractivity contribution < 1.29 is 13.9 Å². The fraction of sp³-hybridized carbons (Fsp3) is 0.143. The maximum Gasteiger partial charge on any atom is 0.361 e. The number of carbonyl (C=O) groups excluding carboxylic acids is 1. The summed E-state index contributed by atoms with van der Waals surface area (Å²) in [6.45, 7) is 0.201. The first-order valence-corrected chi connectivity index (χ1v) is 6.35. The van der Waals surface area contributed by atoms with E-state index in [2.05, 4.69) is 20.4 Å². The molecule has 7 heteroatoms. The quantitative estimate of drug-likeness (QED) is 0.719. The van der Waals surface area contributed by atoms with E-state index in [4.69, 9.17) is 9.15 Å². The van der Waals surface area contributed by atoms with E-state index < -0.39 is 5.97 Å². The lowest BCUT2D eigenvalue weighted by atomic mass is 10.1. The predicted octanol–water partition coefficient (Wildman–Crippen LogP) is 1.86. The summed E-state index contributed by atoms with van der Waals surface area (Å²) in [7, 11) is 0. The summed E-state index contributed by atoms with van der Waals surface area (Å²) in [4.78, 5) is 16.0. The lowest BCUT2D eigenvalue weighted by Gasteiger charge is -2.03. The first-order chi connectivity index (χ1) is 10.3. The minimum atomic E-state index is -0.522. The molecule has 0 radical (unpaired) electrons. The summed E-state index contributed by atoms with van der Waals surface area (Å²) in [6.07, 6.45) is 3.30. The van der Waals surface area contributed by atoms with E-state index in [0.29, 0.717) is 12.2 Å². The van der Waals surface area contributed by atoms with Gasteiger partial charge in [-0.2, -0.15) is 15.4 Å². The molecule has 0 atom stereocenters. The molecule has 0 fully saturated rings. The van der Waals surface area contributed by atoms with E-state index in [9.17, 15) is 4.79 Å². The molecule has 2 heterocycles. The second-order valence-corrected chi connectivity index (χ2v) is 4.24. The van der Waals surface area contributed by atoms with Gasteiger partial charge in [0.1, 0.15) is 0 Å². The monoisotopic (exact) mass is 284 g/mol. The number of H-pyrrole nitrogens is 1. The van der Waals surface area contributed by atoms with E-state index in [1.165, 1.54) is 6.39 Å². The van der Waals surface area contributed by atoms with Crippen LogP contribution >= 0.6 is 0 Å². The Kier molecular flexibility index (Phi) is 3.72. The number of benzene rings is 1. The number of carbonyl (C=O) groups is 1. The van der Waals surface area contributed by atoms with Crippen LogP contribution in [0.3, 0.4) is 0 Å². The molecule has 0 spiro atoms. The molecule has 21 heavy (non-hydrogen) atoms. The minimum Gasteiger partial charge on any atom is -0.460 e. The normalized spacial score (nSPS) is 10.5. The number of oxazole rings is 1. The number of hydrogen-bond donors (Lipinski definition) is 1. The van der Waals surface area contributed by atoms with Crippen molar-refractivity contribution in [1.29, 1.82) is 0 Å². The van der Waals surface area contributed by atoms with Gasteiger partial charge in [-0.25, -0.2) is 9.78 Å². The highest BCUT2D eigenvalue weighted by molar-refractivity contribution is 5.93. The lowest BCUT2D eigenvalue weighted by molar-refractivity contribution is 0.0502. The summed E-state index contributed by atoms with van der Waals surface area (Å²) in [6, 6.07) is 9.28. The Morgan fingerprint density at radius 3 is 2.90 bits per heavy atom. The van der Waals surface area contributed by atoms with Gasteiger partial charge in [0.2, 0.25) is 0 Å². The van der Waals surface area contributed by atoms with Gasteiger partial charge in [0.15, 0.2) is 17.8 Å². The van der Waals surface area contributed by atoms with Gasteiger partial charge in [0.25, 0.3) is 0 Å². The van der Waals surface area contributed by atoms with Crippen LogP contribution in [0.15, 0.2) is 47.3 Å². The standard InChI is InChI=1S/C14H12N4O3/c19-14(20-7-6-11-8-16-18-17-11)12-13(21-9-15-12)10-4-2-1-3-5-10/h1-5,8-9H,6-7H2,(H,16,17,18). The summed E-state index contributed by atoms with van der Waals surface area (Å²) in [5, 5.41) is 10.1. The molecule has 3 rings (SSSR count). The zero-order valence-corrected chi connectivity index (χ0v) is 11.0. The van der Waals surface area contributed by atoms with Crippen LogP contribution in [-0.4, -0.2) is 33.0 Å². The average molecular weight is 284 g/mol. The Labute approximate surface area is 120 Å². The third-order valence-corrected chi connectivity index (χ3v) is 2.85. The van der Waals surface area contributed by atoms with Gasteiger partial charge in [-0.15, -0.1) is 0 Å². The lowest BCUT2D eigenvalue weighted by Crippen LogP contribution is -2.09. The van der Waals surface area contributed by atoms with E-state index in [0.717, 1.165) is 11.3 Å². The fourth-order valence-corrected chi connectivity index (χ4v) is 1.85. The third kappa shape index (κ3) is 2.97. The van der Waals surface area contributed by atoms with Gasteiger partial charge in [0, 0.05) is 12.0 Å². The molecule has 3 aromatic rings. The van der Waals surface area contributed by atoms with E-state index in [1.807, 2.05) is 30.3 Å². The fourth-order valence-electron chi connectivity index (χ4n) is 1.85. The molecule has 0 saturated heterocycles. The maximum absolute atomic E-state index is 12.0. The number of ether oxygens (including phenoxy) is 1. The number of nitrogens with one attached hydrogen (secondary N) is 1. The van der Waals surface area contributed by atoms with Crippen LogP contribution in [0.2, 0.25) is 0 Å². The van der Waals surface area contributed by atoms with Crippen LogP contribution in [-0.2, 0) is 11.2 Å². The molecule has 0 unspecified atom stereocenters. The van der Waals surface area contributed by atoms with Gasteiger partial charge < -0.3 is 9.15 Å². The molecular formula is C14H12N4O3. The third-order valence-electron chi connectivity index (χ3n) is 2.85. The average Bonchev–Trinajstić information content (AvgIpc) is 3.19. The van der Waals surface area contributed by atoms with Crippen molar-refractivity contribution in [3.8, 4) is 11.3 Å². The molecule has 2 aromatic heterocycles. The van der Waals surface area contributed by atoms with Crippen molar-refractivity contribution in [2.45, 2.75) is 6.42 Å². The van der Waals surface area contributed by atoms with Gasteiger partial charge in [-0.1, -0.05) is 30.3 Å². The second-order valence-electron chi connectivity index (χ2n) is 4.24. The molecular weight excluding hydrogens is 272 g/mol. The molecule has 0 aliphatic rings. The zero-order chi connectivity index (χ0) is 14.5. The molecule has 0 amide bonds. The smallest absolute Gasteiger partial charge is 0.361 e. The minimum absolute atomic E-state index is 0.168. The van der Waals surface area contributed by atoms with Crippen LogP contribution in [0.1, 0.15) is 16.2 Å². The Balaban J connectivity index is 1.67. The van der Waals surface area contributed by atoms with Crippen molar-refractivity contribution in [3.05, 3.63) is 54.3 Å². The van der Waals surface area contributed by atoms with Crippen molar-refractivity contribution in [3.63, 3.8) is 0 Å². The van der Waals surface area contributed by atoms with Crippen molar-refractivity contribution in [2.24, 2.45) is 0 Å². The van der Waals surface area contributed by atoms with Crippen molar-refractivity contribution in [2.75, 3.05) is 6.61 Å². The number of rotatable bonds is 5. The van der Waals surface area contributed by atoms with Crippen LogP contribution in [0, 0.1) is 0 Å². The highest BCUT2D eigenvalue weighted by Gasteiger charge is 2.19. The Morgan fingerprint density at radius 1 is 1.29 bits per heavy atom. The van der Waals surface area contributed by atoms with Gasteiger partial charge in [0.05, 0.1) is 18.5 Å². The van der Waals surface area contributed by atoms with Crippen LogP contribution in [0.5, 0.6) is 0 Å². The predicted molar refractivity (Wildman–Crippen MR) is 72.3 cm³/mol. The van der Waals surface area contributed by atoms with E-state index in [-0.39, 0.29) is 12.3 Å². The number of esters is 1. The zero-order valence-electron chi connectivity index (χ0n) is 11.0. The Bertz CT molecular complexity index is 707. The van der Waals surface area contributed by atoms with Gasteiger partial charge >= 0.3 is 5.97 Å². The summed E-state index contributed by atoms with van der Waals surface area (Å²) in [5.74, 6) is -0.117. The molecule has 0 aliphatic heterocycles. The van der Waals surface area contributed by atoms with Crippen LogP contribution in [0.4, 0.5) is 0 Å². The molecule has 1 N–H and O–H groups in total. The number of hydrogen-bond acceptors (Lipinski definition) is 6. The Morgan fingerprint density at radius 2 is 2.14 bits per heavy atom. The Hall–Kier alpha value is -2.96. The second kappa shape index (κ2) is 6.00. The van der Waals surface area contributed by atoms with Crippen LogP contribution in [0.25, 0.3) is 11.3 Å². The van der Waals surface area contributed by atoms with Crippen LogP contribution < -0.4 is 0 Å². The summed E-state index contributed by atoms with van der Waals surface area (Å²) >= 11 is 0. The summed E-state index contributed by atoms with van der Waals surface area (Å²) < 4.78 is 10.5. The topological polar surface area (TPSA) is 93.9 Å². The van der Waals surface area contributed by atoms with Gasteiger partial charge in [-0.05, 0) is 0 Å². The molecule has 7 nitrogen and oxygen atoms in total. The number of nitrogens with zero attached hydrogens (tertiary/aromatic N) is 3. The first kappa shape index (κ1) is 13.0. The van der Waals surface area contributed by atoms with Crippen molar-refractivity contribution >= 4 is 5.97 Å². The van der Waals surface area contributed by atoms with Gasteiger partial charge in [-0.3, -0.25) is 0 Å².